The van der Waals surface area contributed by atoms with Crippen LogP contribution in [0.2, 0.25) is 5.02 Å². The number of anilines is 2. The lowest BCUT2D eigenvalue weighted by Gasteiger charge is -2.10. The van der Waals surface area contributed by atoms with Crippen LogP contribution in [0.4, 0.5) is 11.4 Å². The highest BCUT2D eigenvalue weighted by Crippen LogP contribution is 2.27. The molecule has 0 saturated carbocycles. The SMILES string of the molecule is Cc1ccccc1NC(=O)/C(C#N)=C/c1ccc(OCC(=O)Nc2ccc(Cl)cc2)c(Br)c1. The van der Waals surface area contributed by atoms with Crippen LogP contribution < -0.4 is 15.4 Å². The summed E-state index contributed by atoms with van der Waals surface area (Å²) >= 11 is 9.23. The molecule has 0 atom stereocenters. The van der Waals surface area contributed by atoms with Gasteiger partial charge in [0, 0.05) is 16.4 Å². The van der Waals surface area contributed by atoms with Crippen molar-refractivity contribution in [1.82, 2.24) is 0 Å². The number of carbonyl (C=O) groups is 2. The van der Waals surface area contributed by atoms with E-state index in [-0.39, 0.29) is 18.1 Å². The lowest BCUT2D eigenvalue weighted by atomic mass is 10.1. The van der Waals surface area contributed by atoms with E-state index in [1.54, 1.807) is 48.5 Å². The number of halogens is 2. The Morgan fingerprint density at radius 2 is 1.82 bits per heavy atom. The van der Waals surface area contributed by atoms with Crippen LogP contribution in [-0.2, 0) is 9.59 Å². The number of hydrogen-bond acceptors (Lipinski definition) is 4. The Morgan fingerprint density at radius 1 is 1.09 bits per heavy atom. The van der Waals surface area contributed by atoms with Crippen molar-refractivity contribution in [2.45, 2.75) is 6.92 Å². The van der Waals surface area contributed by atoms with Crippen molar-refractivity contribution >= 4 is 56.8 Å². The van der Waals surface area contributed by atoms with Gasteiger partial charge in [-0.25, -0.2) is 0 Å². The van der Waals surface area contributed by atoms with Gasteiger partial charge in [-0.05, 0) is 82.5 Å². The van der Waals surface area contributed by atoms with E-state index in [1.807, 2.05) is 31.2 Å². The summed E-state index contributed by atoms with van der Waals surface area (Å²) in [6.45, 7) is 1.68. The molecule has 2 amide bonds. The zero-order valence-corrected chi connectivity index (χ0v) is 19.9. The molecule has 33 heavy (non-hydrogen) atoms. The summed E-state index contributed by atoms with van der Waals surface area (Å²) < 4.78 is 6.15. The van der Waals surface area contributed by atoms with Gasteiger partial charge in [0.05, 0.1) is 4.47 Å². The predicted molar refractivity (Wildman–Crippen MR) is 133 cm³/mol. The number of amides is 2. The van der Waals surface area contributed by atoms with Gasteiger partial charge < -0.3 is 15.4 Å². The molecule has 0 spiro atoms. The van der Waals surface area contributed by atoms with Crippen molar-refractivity contribution in [3.63, 3.8) is 0 Å². The number of nitrogens with one attached hydrogen (secondary N) is 2. The first-order chi connectivity index (χ1) is 15.9. The maximum atomic E-state index is 12.5. The largest absolute Gasteiger partial charge is 0.483 e. The summed E-state index contributed by atoms with van der Waals surface area (Å²) in [4.78, 5) is 24.6. The standard InChI is InChI=1S/C25H19BrClN3O3/c1-16-4-2-3-5-22(16)30-25(32)18(14-28)12-17-6-11-23(21(26)13-17)33-15-24(31)29-20-9-7-19(27)8-10-20/h2-13H,15H2,1H3,(H,29,31)(H,30,32)/b18-12+. The number of ether oxygens (including phenoxy) is 1. The van der Waals surface area contributed by atoms with Gasteiger partial charge in [-0.2, -0.15) is 5.26 Å². The monoisotopic (exact) mass is 523 g/mol. The van der Waals surface area contributed by atoms with Gasteiger partial charge in [0.1, 0.15) is 17.4 Å². The van der Waals surface area contributed by atoms with E-state index in [0.29, 0.717) is 32.2 Å². The summed E-state index contributed by atoms with van der Waals surface area (Å²) in [6, 6.07) is 21.0. The molecule has 0 aliphatic heterocycles. The van der Waals surface area contributed by atoms with E-state index in [2.05, 4.69) is 26.6 Å². The van der Waals surface area contributed by atoms with Crippen molar-refractivity contribution < 1.29 is 14.3 Å². The van der Waals surface area contributed by atoms with E-state index in [1.165, 1.54) is 6.08 Å². The fraction of sp³-hybridized carbons (Fsp3) is 0.0800. The molecule has 0 heterocycles. The number of aryl methyl sites for hydroxylation is 1. The molecule has 0 bridgehead atoms. The van der Waals surface area contributed by atoms with Crippen molar-refractivity contribution in [2.75, 3.05) is 17.2 Å². The molecule has 166 valence electrons. The lowest BCUT2D eigenvalue weighted by molar-refractivity contribution is -0.118. The minimum Gasteiger partial charge on any atom is -0.483 e. The molecular weight excluding hydrogens is 506 g/mol. The van der Waals surface area contributed by atoms with Crippen LogP contribution in [-0.4, -0.2) is 18.4 Å². The molecule has 6 nitrogen and oxygen atoms in total. The number of para-hydroxylation sites is 1. The van der Waals surface area contributed by atoms with Crippen molar-refractivity contribution in [1.29, 1.82) is 5.26 Å². The highest BCUT2D eigenvalue weighted by Gasteiger charge is 2.12. The van der Waals surface area contributed by atoms with E-state index in [0.717, 1.165) is 5.56 Å². The molecule has 3 rings (SSSR count). The Morgan fingerprint density at radius 3 is 2.48 bits per heavy atom. The number of nitrogens with zero attached hydrogens (tertiary/aromatic N) is 1. The summed E-state index contributed by atoms with van der Waals surface area (Å²) in [6.07, 6.45) is 1.48. The second-order valence-corrected chi connectivity index (χ2v) is 8.26. The number of rotatable bonds is 7. The Kier molecular flexibility index (Phi) is 8.25. The van der Waals surface area contributed by atoms with Gasteiger partial charge in [0.15, 0.2) is 6.61 Å². The lowest BCUT2D eigenvalue weighted by Crippen LogP contribution is -2.20. The Balaban J connectivity index is 1.63. The molecule has 0 aromatic heterocycles. The third-order valence-corrected chi connectivity index (χ3v) is 5.38. The first-order valence-electron chi connectivity index (χ1n) is 9.82. The first-order valence-corrected chi connectivity index (χ1v) is 11.0. The predicted octanol–water partition coefficient (Wildman–Crippen LogP) is 5.97. The van der Waals surface area contributed by atoms with Gasteiger partial charge in [-0.15, -0.1) is 0 Å². The average Bonchev–Trinajstić information content (AvgIpc) is 2.80. The fourth-order valence-electron chi connectivity index (χ4n) is 2.82. The molecule has 2 N–H and O–H groups in total. The Hall–Kier alpha value is -3.60. The summed E-state index contributed by atoms with van der Waals surface area (Å²) in [5.74, 6) is -0.378. The second-order valence-electron chi connectivity index (χ2n) is 6.97. The molecule has 0 aliphatic carbocycles. The van der Waals surface area contributed by atoms with Crippen molar-refractivity contribution in [3.8, 4) is 11.8 Å². The number of benzene rings is 3. The van der Waals surface area contributed by atoms with Crippen LogP contribution in [0, 0.1) is 18.3 Å². The zero-order chi connectivity index (χ0) is 23.8. The van der Waals surface area contributed by atoms with E-state index in [4.69, 9.17) is 16.3 Å². The molecular formula is C25H19BrClN3O3. The molecule has 0 aliphatic rings. The molecule has 0 fully saturated rings. The quantitative estimate of drug-likeness (QED) is 0.294. The maximum Gasteiger partial charge on any atom is 0.266 e. The second kappa shape index (κ2) is 11.3. The smallest absolute Gasteiger partial charge is 0.266 e. The average molecular weight is 525 g/mol. The van der Waals surface area contributed by atoms with Crippen LogP contribution in [0.5, 0.6) is 5.75 Å². The Bertz CT molecular complexity index is 1250. The third-order valence-electron chi connectivity index (χ3n) is 4.51. The highest BCUT2D eigenvalue weighted by molar-refractivity contribution is 9.10. The van der Waals surface area contributed by atoms with E-state index < -0.39 is 5.91 Å². The summed E-state index contributed by atoms with van der Waals surface area (Å²) in [7, 11) is 0. The molecule has 0 radical (unpaired) electrons. The summed E-state index contributed by atoms with van der Waals surface area (Å²) in [5, 5.41) is 15.5. The van der Waals surface area contributed by atoms with Gasteiger partial charge >= 0.3 is 0 Å². The molecule has 8 heteroatoms. The van der Waals surface area contributed by atoms with Crippen molar-refractivity contribution in [3.05, 3.63) is 92.9 Å². The minimum absolute atomic E-state index is 0.0406. The minimum atomic E-state index is -0.498. The fourth-order valence-corrected chi connectivity index (χ4v) is 3.45. The number of hydrogen-bond donors (Lipinski definition) is 2. The summed E-state index contributed by atoms with van der Waals surface area (Å²) in [5.41, 5.74) is 2.73. The molecule has 0 saturated heterocycles. The normalized spacial score (nSPS) is 10.8. The van der Waals surface area contributed by atoms with Crippen molar-refractivity contribution in [2.24, 2.45) is 0 Å². The molecule has 3 aromatic rings. The van der Waals surface area contributed by atoms with E-state index in [9.17, 15) is 14.9 Å². The maximum absolute atomic E-state index is 12.5. The molecule has 0 unspecified atom stereocenters. The van der Waals surface area contributed by atoms with Gasteiger partial charge in [0.25, 0.3) is 11.8 Å². The van der Waals surface area contributed by atoms with Crippen LogP contribution in [0.1, 0.15) is 11.1 Å². The van der Waals surface area contributed by atoms with Crippen LogP contribution >= 0.6 is 27.5 Å². The topological polar surface area (TPSA) is 91.2 Å². The third kappa shape index (κ3) is 6.94. The van der Waals surface area contributed by atoms with Gasteiger partial charge in [-0.3, -0.25) is 9.59 Å². The van der Waals surface area contributed by atoms with E-state index >= 15 is 0 Å². The van der Waals surface area contributed by atoms with Crippen LogP contribution in [0.25, 0.3) is 6.08 Å². The van der Waals surface area contributed by atoms with Gasteiger partial charge in [0.2, 0.25) is 0 Å². The van der Waals surface area contributed by atoms with Crippen LogP contribution in [0.3, 0.4) is 0 Å². The number of nitriles is 1. The molecule has 3 aromatic carbocycles. The first kappa shape index (κ1) is 24.1. The Labute approximate surface area is 205 Å². The highest BCUT2D eigenvalue weighted by atomic mass is 79.9. The number of carbonyl (C=O) groups excluding carboxylic acids is 2. The van der Waals surface area contributed by atoms with Gasteiger partial charge in [-0.1, -0.05) is 35.9 Å². The van der Waals surface area contributed by atoms with Crippen LogP contribution in [0.15, 0.2) is 76.8 Å². The zero-order valence-electron chi connectivity index (χ0n) is 17.6.